The van der Waals surface area contributed by atoms with Crippen molar-refractivity contribution < 1.29 is 23.1 Å². The summed E-state index contributed by atoms with van der Waals surface area (Å²) in [5.41, 5.74) is -0.923. The van der Waals surface area contributed by atoms with Gasteiger partial charge in [0.2, 0.25) is 0 Å². The number of halogens is 3. The van der Waals surface area contributed by atoms with E-state index in [2.05, 4.69) is 15.4 Å². The molecule has 2 N–H and O–H groups in total. The number of amides is 2. The van der Waals surface area contributed by atoms with E-state index in [1.165, 1.54) is 29.4 Å². The highest BCUT2D eigenvalue weighted by atomic mass is 19.4. The summed E-state index contributed by atoms with van der Waals surface area (Å²) in [5.74, 6) is -0.276. The molecule has 24 heavy (non-hydrogen) atoms. The van der Waals surface area contributed by atoms with Gasteiger partial charge in [0.05, 0.1) is 6.10 Å². The van der Waals surface area contributed by atoms with Crippen LogP contribution in [0.4, 0.5) is 23.8 Å². The van der Waals surface area contributed by atoms with E-state index in [0.717, 1.165) is 10.7 Å². The topological polar surface area (TPSA) is 83.3 Å². The van der Waals surface area contributed by atoms with Crippen LogP contribution in [0.5, 0.6) is 0 Å². The Morgan fingerprint density at radius 2 is 2.17 bits per heavy atom. The van der Waals surface area contributed by atoms with E-state index in [4.69, 9.17) is 0 Å². The van der Waals surface area contributed by atoms with Crippen LogP contribution in [0.25, 0.3) is 5.82 Å². The summed E-state index contributed by atoms with van der Waals surface area (Å²) in [6.45, 7) is 0.622. The molecule has 0 radical (unpaired) electrons. The number of hydrogen-bond acceptors (Lipinski definition) is 4. The third-order valence-electron chi connectivity index (χ3n) is 3.58. The molecule has 128 valence electrons. The van der Waals surface area contributed by atoms with E-state index < -0.39 is 23.9 Å². The molecule has 1 unspecified atom stereocenters. The number of carbonyl (C=O) groups is 1. The number of aromatic nitrogens is 3. The van der Waals surface area contributed by atoms with E-state index in [1.54, 1.807) is 0 Å². The largest absolute Gasteiger partial charge is 0.420 e. The molecule has 7 nitrogen and oxygen atoms in total. The molecular weight excluding hydrogens is 327 g/mol. The average Bonchev–Trinajstić information content (AvgIpc) is 3.15. The van der Waals surface area contributed by atoms with E-state index in [1.807, 2.05) is 0 Å². The zero-order valence-corrected chi connectivity index (χ0v) is 12.4. The van der Waals surface area contributed by atoms with Gasteiger partial charge in [-0.15, -0.1) is 5.10 Å². The highest BCUT2D eigenvalue weighted by Crippen LogP contribution is 2.32. The maximum absolute atomic E-state index is 13.0. The molecule has 1 saturated heterocycles. The van der Waals surface area contributed by atoms with Crippen LogP contribution in [0.15, 0.2) is 30.6 Å². The molecule has 2 aromatic rings. The van der Waals surface area contributed by atoms with Gasteiger partial charge in [0.15, 0.2) is 11.6 Å². The molecule has 3 rings (SSSR count). The van der Waals surface area contributed by atoms with Crippen molar-refractivity contribution in [1.82, 2.24) is 19.7 Å². The van der Waals surface area contributed by atoms with Gasteiger partial charge in [0.25, 0.3) is 0 Å². The lowest BCUT2D eigenvalue weighted by Gasteiger charge is -2.15. The molecule has 0 aromatic carbocycles. The minimum absolute atomic E-state index is 0.0974. The summed E-state index contributed by atoms with van der Waals surface area (Å²) in [6, 6.07) is 3.01. The summed E-state index contributed by atoms with van der Waals surface area (Å²) in [6.07, 6.45) is -2.12. The number of alkyl halides is 3. The average molecular weight is 341 g/mol. The number of hydrogen-bond donors (Lipinski definition) is 2. The van der Waals surface area contributed by atoms with Crippen molar-refractivity contribution in [3.05, 3.63) is 36.2 Å². The van der Waals surface area contributed by atoms with Gasteiger partial charge in [-0.1, -0.05) is 0 Å². The summed E-state index contributed by atoms with van der Waals surface area (Å²) >= 11 is 0. The number of urea groups is 1. The zero-order valence-electron chi connectivity index (χ0n) is 12.4. The van der Waals surface area contributed by atoms with E-state index in [-0.39, 0.29) is 18.2 Å². The number of pyridine rings is 1. The molecule has 0 bridgehead atoms. The fourth-order valence-corrected chi connectivity index (χ4v) is 2.42. The van der Waals surface area contributed by atoms with Gasteiger partial charge in [-0.3, -0.25) is 5.32 Å². The number of nitrogens with zero attached hydrogens (tertiary/aromatic N) is 4. The fraction of sp³-hybridized carbons (Fsp3) is 0.357. The maximum atomic E-state index is 13.0. The Labute approximate surface area is 134 Å². The first-order chi connectivity index (χ1) is 11.3. The Balaban J connectivity index is 1.78. The monoisotopic (exact) mass is 341 g/mol. The van der Waals surface area contributed by atoms with Crippen LogP contribution in [-0.4, -0.2) is 50.0 Å². The lowest BCUT2D eigenvalue weighted by molar-refractivity contribution is -0.137. The summed E-state index contributed by atoms with van der Waals surface area (Å²) in [7, 11) is 0. The predicted molar refractivity (Wildman–Crippen MR) is 77.6 cm³/mol. The second-order valence-electron chi connectivity index (χ2n) is 5.34. The zero-order chi connectivity index (χ0) is 17.3. The third kappa shape index (κ3) is 3.32. The number of rotatable bonds is 2. The predicted octanol–water partition coefficient (Wildman–Crippen LogP) is 1.88. The van der Waals surface area contributed by atoms with Crippen LogP contribution in [0.2, 0.25) is 0 Å². The highest BCUT2D eigenvalue weighted by Gasteiger charge is 2.35. The van der Waals surface area contributed by atoms with E-state index >= 15 is 0 Å². The number of aliphatic hydroxyl groups is 1. The normalized spacial score (nSPS) is 18.0. The van der Waals surface area contributed by atoms with Gasteiger partial charge in [-0.2, -0.15) is 13.2 Å². The van der Waals surface area contributed by atoms with Crippen molar-refractivity contribution in [1.29, 1.82) is 0 Å². The molecule has 1 fully saturated rings. The minimum atomic E-state index is -4.56. The van der Waals surface area contributed by atoms with Crippen LogP contribution in [0, 0.1) is 0 Å². The molecule has 0 aliphatic carbocycles. The SMILES string of the molecule is O=C(Nc1ccn(-c2ncccc2C(F)(F)F)n1)N1CCC(O)C1. The van der Waals surface area contributed by atoms with Crippen molar-refractivity contribution >= 4 is 11.8 Å². The number of aliphatic hydroxyl groups excluding tert-OH is 1. The minimum Gasteiger partial charge on any atom is -0.391 e. The molecule has 1 aliphatic heterocycles. The van der Waals surface area contributed by atoms with Crippen LogP contribution in [-0.2, 0) is 6.18 Å². The number of anilines is 1. The van der Waals surface area contributed by atoms with Gasteiger partial charge in [0, 0.05) is 31.5 Å². The van der Waals surface area contributed by atoms with Crippen molar-refractivity contribution in [3.8, 4) is 5.82 Å². The van der Waals surface area contributed by atoms with Crippen molar-refractivity contribution in [2.45, 2.75) is 18.7 Å². The molecule has 0 saturated carbocycles. The maximum Gasteiger partial charge on any atom is 0.420 e. The van der Waals surface area contributed by atoms with Crippen LogP contribution in [0.1, 0.15) is 12.0 Å². The second kappa shape index (κ2) is 6.11. The molecule has 1 atom stereocenters. The van der Waals surface area contributed by atoms with Crippen LogP contribution < -0.4 is 5.32 Å². The van der Waals surface area contributed by atoms with Crippen LogP contribution >= 0.6 is 0 Å². The standard InChI is InChI=1S/C14H14F3N5O2/c15-14(16,17)10-2-1-5-18-12(10)22-7-4-11(20-22)19-13(24)21-6-3-9(23)8-21/h1-2,4-5,7,9,23H,3,6,8H2,(H,19,20,24). The Kier molecular flexibility index (Phi) is 4.14. The van der Waals surface area contributed by atoms with Gasteiger partial charge in [-0.05, 0) is 18.6 Å². The van der Waals surface area contributed by atoms with Gasteiger partial charge in [0.1, 0.15) is 5.56 Å². The van der Waals surface area contributed by atoms with Gasteiger partial charge in [-0.25, -0.2) is 14.5 Å². The van der Waals surface area contributed by atoms with Gasteiger partial charge >= 0.3 is 12.2 Å². The highest BCUT2D eigenvalue weighted by molar-refractivity contribution is 5.88. The Morgan fingerprint density at radius 3 is 2.83 bits per heavy atom. The van der Waals surface area contributed by atoms with Crippen molar-refractivity contribution in [3.63, 3.8) is 0 Å². The summed E-state index contributed by atoms with van der Waals surface area (Å²) < 4.78 is 40.0. The summed E-state index contributed by atoms with van der Waals surface area (Å²) in [4.78, 5) is 17.1. The van der Waals surface area contributed by atoms with Gasteiger partial charge < -0.3 is 10.0 Å². The molecule has 0 spiro atoms. The smallest absolute Gasteiger partial charge is 0.391 e. The molecule has 1 aliphatic rings. The van der Waals surface area contributed by atoms with Crippen molar-refractivity contribution in [2.24, 2.45) is 0 Å². The first kappa shape index (κ1) is 16.2. The Bertz CT molecular complexity index is 746. The number of likely N-dealkylation sites (tertiary alicyclic amines) is 1. The molecular formula is C14H14F3N5O2. The molecule has 2 amide bonds. The first-order valence-corrected chi connectivity index (χ1v) is 7.17. The third-order valence-corrected chi connectivity index (χ3v) is 3.58. The van der Waals surface area contributed by atoms with E-state index in [9.17, 15) is 23.1 Å². The number of carbonyl (C=O) groups excluding carboxylic acids is 1. The lowest BCUT2D eigenvalue weighted by Crippen LogP contribution is -2.33. The number of nitrogens with one attached hydrogen (secondary N) is 1. The summed E-state index contributed by atoms with van der Waals surface area (Å²) in [5, 5.41) is 15.8. The van der Waals surface area contributed by atoms with Crippen molar-refractivity contribution in [2.75, 3.05) is 18.4 Å². The molecule has 10 heteroatoms. The lowest BCUT2D eigenvalue weighted by atomic mass is 10.2. The molecule has 2 aromatic heterocycles. The Hall–Kier alpha value is -2.62. The Morgan fingerprint density at radius 1 is 1.38 bits per heavy atom. The fourth-order valence-electron chi connectivity index (χ4n) is 2.42. The second-order valence-corrected chi connectivity index (χ2v) is 5.34. The number of β-amino-alcohol motifs (C(OH)–C–C–N with tert-alkyl or cyclic N) is 1. The quantitative estimate of drug-likeness (QED) is 0.874. The van der Waals surface area contributed by atoms with E-state index in [0.29, 0.717) is 13.0 Å². The van der Waals surface area contributed by atoms with Crippen LogP contribution in [0.3, 0.4) is 0 Å². The first-order valence-electron chi connectivity index (χ1n) is 7.17. The molecule has 3 heterocycles.